The van der Waals surface area contributed by atoms with E-state index < -0.39 is 161 Å². The van der Waals surface area contributed by atoms with Gasteiger partial charge in [0.1, 0.15) is 46.5 Å². The van der Waals surface area contributed by atoms with Crippen molar-refractivity contribution >= 4 is 34.7 Å². The molecule has 0 unspecified atom stereocenters. The fourth-order valence-electron chi connectivity index (χ4n) is 6.34. The first-order valence-electron chi connectivity index (χ1n) is 12.8. The third-order valence-corrected chi connectivity index (χ3v) is 8.32. The van der Waals surface area contributed by atoms with E-state index in [2.05, 4.69) is 0 Å². The van der Waals surface area contributed by atoms with Gasteiger partial charge in [-0.15, -0.1) is 0 Å². The van der Waals surface area contributed by atoms with Crippen molar-refractivity contribution in [1.29, 1.82) is 10.8 Å². The second-order valence-corrected chi connectivity index (χ2v) is 10.4. The first-order chi connectivity index (χ1) is 24.1. The summed E-state index contributed by atoms with van der Waals surface area (Å²) in [5.74, 6) is -68.2. The molecule has 0 atom stereocenters. The molecular weight excluding hydrogens is 774 g/mol. The van der Waals surface area contributed by atoms with Gasteiger partial charge in [0, 0.05) is 0 Å². The summed E-state index contributed by atoms with van der Waals surface area (Å²) in [7, 11) is 0. The van der Waals surface area contributed by atoms with Crippen LogP contribution in [-0.4, -0.2) is 22.5 Å². The van der Waals surface area contributed by atoms with Crippen LogP contribution in [0, 0.1) is 127 Å². The van der Waals surface area contributed by atoms with Crippen molar-refractivity contribution in [2.24, 2.45) is 0 Å². The van der Waals surface area contributed by atoms with E-state index in [-0.39, 0.29) is 0 Å². The van der Waals surface area contributed by atoms with Gasteiger partial charge in [-0.2, -0.15) is 0 Å². The van der Waals surface area contributed by atoms with Gasteiger partial charge in [0.15, 0.2) is 69.8 Å². The molecule has 6 nitrogen and oxygen atoms in total. The predicted octanol–water partition coefficient (Wildman–Crippen LogP) is 5.44. The van der Waals surface area contributed by atoms with Crippen LogP contribution in [0.1, 0.15) is 0 Å². The molecule has 1 fully saturated rings. The molecule has 272 valence electrons. The lowest BCUT2D eigenvalue weighted by Crippen LogP contribution is -3.05. The lowest BCUT2D eigenvalue weighted by molar-refractivity contribution is 0.371. The summed E-state index contributed by atoms with van der Waals surface area (Å²) in [5, 5.41) is 23.7. The molecule has 1 heterocycles. The first-order valence-corrected chi connectivity index (χ1v) is 12.8. The smallest absolute Gasteiger partial charge is 0.303 e. The second kappa shape index (κ2) is 11.8. The molecule has 0 saturated carbocycles. The highest BCUT2D eigenvalue weighted by atomic mass is 19.2. The standard InChI is InChI=1S/C24B2F20N6/c27-5-1(6(28)14(36)21(43)13(5)35)25(2-7(29)15(37)22(44)16(38)8(2)30)51(49-47)26(52(25)50-48,3-9(31)17(39)23(45)18(40)10(3)32)4-11(33)19(41)24(46)20(42)12(4)34. The third kappa shape index (κ3) is 4.05. The molecule has 4 aromatic rings. The Balaban J connectivity index is 2.25. The van der Waals surface area contributed by atoms with Crippen molar-refractivity contribution in [3.05, 3.63) is 127 Å². The van der Waals surface area contributed by atoms with Crippen LogP contribution >= 0.6 is 0 Å². The molecule has 0 aliphatic carbocycles. The number of rotatable bonds is 4. The van der Waals surface area contributed by atoms with Gasteiger partial charge in [-0.1, -0.05) is 21.9 Å². The van der Waals surface area contributed by atoms with Crippen LogP contribution < -0.4 is 21.9 Å². The Kier molecular flexibility index (Phi) is 8.47. The zero-order valence-corrected chi connectivity index (χ0v) is 23.4. The van der Waals surface area contributed by atoms with Crippen LogP contribution in [0.2, 0.25) is 0 Å². The summed E-state index contributed by atoms with van der Waals surface area (Å²) in [5.41, 5.74) is -12.9. The van der Waals surface area contributed by atoms with Crippen molar-refractivity contribution in [2.75, 3.05) is 0 Å². The Morgan fingerprint density at radius 2 is 0.365 bits per heavy atom. The van der Waals surface area contributed by atoms with E-state index in [4.69, 9.17) is 0 Å². The Bertz CT molecular complexity index is 1960. The Hall–Kier alpha value is -5.95. The van der Waals surface area contributed by atoms with Gasteiger partial charge in [0.25, 0.3) is 0 Å². The highest BCUT2D eigenvalue weighted by Crippen LogP contribution is 2.44. The molecule has 0 bridgehead atoms. The van der Waals surface area contributed by atoms with E-state index in [1.165, 1.54) is 0 Å². The largest absolute Gasteiger partial charge is 0.313 e. The minimum Gasteiger partial charge on any atom is -0.303 e. The zero-order chi connectivity index (χ0) is 39.4. The van der Waals surface area contributed by atoms with E-state index in [1.807, 2.05) is 10.2 Å². The molecule has 52 heavy (non-hydrogen) atoms. The van der Waals surface area contributed by atoms with E-state index in [9.17, 15) is 63.5 Å². The Morgan fingerprint density at radius 1 is 0.250 bits per heavy atom. The maximum absolute atomic E-state index is 15.6. The van der Waals surface area contributed by atoms with Crippen molar-refractivity contribution in [2.45, 2.75) is 0 Å². The minimum absolute atomic E-state index is 1.70. The molecule has 1 saturated heterocycles. The number of hydrogen-bond donors (Lipinski definition) is 0. The van der Waals surface area contributed by atoms with Crippen LogP contribution in [0.5, 0.6) is 0 Å². The van der Waals surface area contributed by atoms with Crippen molar-refractivity contribution in [1.82, 2.24) is 9.66 Å². The van der Waals surface area contributed by atoms with Gasteiger partial charge in [-0.3, -0.25) is 0 Å². The molecule has 1 aliphatic heterocycles. The fourth-order valence-corrected chi connectivity index (χ4v) is 6.34. The summed E-state index contributed by atoms with van der Waals surface area (Å²) in [6.07, 6.45) is -13.1. The number of nitrogens with zero attached hydrogens (tertiary/aromatic N) is 6. The second-order valence-electron chi connectivity index (χ2n) is 10.4. The molecule has 5 rings (SSSR count). The average molecular weight is 774 g/mol. The van der Waals surface area contributed by atoms with Gasteiger partial charge >= 0.3 is 12.8 Å². The Morgan fingerprint density at radius 3 is 0.481 bits per heavy atom. The SMILES string of the molecule is N#[N+]N1[B-](c2c(F)c(F)c(F)c(F)c2F)(c2c(F)c(F)c(F)c(F)c2F)N([N+]#N)[B-]1(c1c(F)c(F)c(F)c(F)c1F)c1c(F)c(F)c(F)c(F)c1F. The molecule has 0 N–H and O–H groups in total. The fraction of sp³-hybridized carbons (Fsp3) is 0. The number of hydrogen-bond acceptors (Lipinski definition) is 4. The highest BCUT2D eigenvalue weighted by molar-refractivity contribution is 7.25. The topological polar surface area (TPSA) is 62.8 Å². The summed E-state index contributed by atoms with van der Waals surface area (Å²) in [4.78, 5) is -3.40. The van der Waals surface area contributed by atoms with Crippen LogP contribution in [0.15, 0.2) is 0 Å². The monoisotopic (exact) mass is 774 g/mol. The molecular formula is C24B2F20N6. The average Bonchev–Trinajstić information content (AvgIpc) is 3.11. The van der Waals surface area contributed by atoms with Crippen molar-refractivity contribution < 1.29 is 87.8 Å². The van der Waals surface area contributed by atoms with Crippen LogP contribution in [0.25, 0.3) is 10.2 Å². The normalized spacial score (nSPS) is 14.7. The first kappa shape index (κ1) is 37.3. The van der Waals surface area contributed by atoms with Gasteiger partial charge in [0.2, 0.25) is 21.0 Å². The molecule has 4 aromatic carbocycles. The van der Waals surface area contributed by atoms with Crippen molar-refractivity contribution in [3.63, 3.8) is 0 Å². The maximum Gasteiger partial charge on any atom is 0.313 e. The van der Waals surface area contributed by atoms with Crippen LogP contribution in [0.4, 0.5) is 87.8 Å². The summed E-state index contributed by atoms with van der Waals surface area (Å²) in [6.45, 7) is 0. The van der Waals surface area contributed by atoms with E-state index in [1.54, 1.807) is 0 Å². The van der Waals surface area contributed by atoms with E-state index in [0.717, 1.165) is 0 Å². The van der Waals surface area contributed by atoms with Crippen molar-refractivity contribution in [3.8, 4) is 0 Å². The number of diazo groups is 2. The van der Waals surface area contributed by atoms with Crippen LogP contribution in [0.3, 0.4) is 0 Å². The van der Waals surface area contributed by atoms with Gasteiger partial charge < -0.3 is 9.66 Å². The highest BCUT2D eigenvalue weighted by Gasteiger charge is 2.78. The quantitative estimate of drug-likeness (QED) is 0.0913. The number of benzene rings is 4. The Labute approximate surface area is 270 Å². The minimum atomic E-state index is -6.54. The lowest BCUT2D eigenvalue weighted by Gasteiger charge is -2.68. The molecule has 0 radical (unpaired) electrons. The summed E-state index contributed by atoms with van der Waals surface area (Å²) >= 11 is 0. The van der Waals surface area contributed by atoms with Gasteiger partial charge in [0.05, 0.1) is 0 Å². The molecule has 28 heteroatoms. The molecule has 1 aliphatic rings. The van der Waals surface area contributed by atoms with Gasteiger partial charge in [-0.05, 0) is 0 Å². The maximum atomic E-state index is 15.6. The summed E-state index contributed by atoms with van der Waals surface area (Å²) in [6, 6.07) is 0. The molecule has 0 aromatic heterocycles. The van der Waals surface area contributed by atoms with Gasteiger partial charge in [-0.25, -0.2) is 87.8 Å². The van der Waals surface area contributed by atoms with Crippen LogP contribution in [-0.2, 0) is 0 Å². The summed E-state index contributed by atoms with van der Waals surface area (Å²) < 4.78 is 298. The number of halogens is 20. The van der Waals surface area contributed by atoms with E-state index in [0.29, 0.717) is 0 Å². The zero-order valence-electron chi connectivity index (χ0n) is 23.4. The lowest BCUT2D eigenvalue weighted by atomic mass is 9.11. The molecule has 0 amide bonds. The molecule has 0 spiro atoms. The van der Waals surface area contributed by atoms with E-state index >= 15 is 35.1 Å². The predicted molar refractivity (Wildman–Crippen MR) is 129 cm³/mol. The third-order valence-electron chi connectivity index (χ3n) is 8.32.